The van der Waals surface area contributed by atoms with Crippen LogP contribution in [0.1, 0.15) is 37.7 Å². The number of aromatic nitrogens is 1. The second-order valence-electron chi connectivity index (χ2n) is 7.48. The number of carbonyl (C=O) groups excluding carboxylic acids is 3. The lowest BCUT2D eigenvalue weighted by Crippen LogP contribution is -2.53. The number of aliphatic carboxylic acids is 2. The molecule has 12 heteroatoms. The van der Waals surface area contributed by atoms with Gasteiger partial charge in [0.05, 0.1) is 0 Å². The SMILES string of the molecule is NC(=O)C(CCC(=O)O)NC(=O)C(CCC(=O)O)NC(=O)CCc1ccc(-c2nccs2)cc1. The number of thiazole rings is 1. The number of amides is 3. The zero-order valence-electron chi connectivity index (χ0n) is 18.2. The quantitative estimate of drug-likeness (QED) is 0.258. The number of hydrogen-bond donors (Lipinski definition) is 5. The molecule has 2 atom stereocenters. The van der Waals surface area contributed by atoms with Crippen LogP contribution in [0.5, 0.6) is 0 Å². The summed E-state index contributed by atoms with van der Waals surface area (Å²) >= 11 is 1.51. The normalized spacial score (nSPS) is 12.4. The van der Waals surface area contributed by atoms with Gasteiger partial charge in [0.1, 0.15) is 17.1 Å². The number of aryl methyl sites for hydroxylation is 1. The molecule has 0 aliphatic carbocycles. The summed E-state index contributed by atoms with van der Waals surface area (Å²) in [4.78, 5) is 62.5. The van der Waals surface area contributed by atoms with Gasteiger partial charge in [0.2, 0.25) is 17.7 Å². The number of nitrogens with one attached hydrogen (secondary N) is 2. The predicted molar refractivity (Wildman–Crippen MR) is 123 cm³/mol. The van der Waals surface area contributed by atoms with E-state index < -0.39 is 54.6 Å². The number of nitrogens with two attached hydrogens (primary N) is 1. The first kappa shape index (κ1) is 26.5. The second kappa shape index (κ2) is 13.0. The van der Waals surface area contributed by atoms with Gasteiger partial charge >= 0.3 is 11.9 Å². The monoisotopic (exact) mass is 490 g/mol. The maximum Gasteiger partial charge on any atom is 0.303 e. The molecule has 0 fully saturated rings. The van der Waals surface area contributed by atoms with E-state index in [0.29, 0.717) is 6.42 Å². The van der Waals surface area contributed by atoms with Crippen molar-refractivity contribution in [2.24, 2.45) is 5.73 Å². The number of primary amides is 1. The van der Waals surface area contributed by atoms with Gasteiger partial charge in [0.15, 0.2) is 0 Å². The molecule has 2 unspecified atom stereocenters. The summed E-state index contributed by atoms with van der Waals surface area (Å²) in [5.41, 5.74) is 7.07. The molecule has 1 aromatic heterocycles. The van der Waals surface area contributed by atoms with Crippen LogP contribution in [-0.4, -0.2) is 56.9 Å². The van der Waals surface area contributed by atoms with Crippen molar-refractivity contribution in [2.45, 2.75) is 50.6 Å². The Morgan fingerprint density at radius 3 is 2.06 bits per heavy atom. The fraction of sp³-hybridized carbons (Fsp3) is 0.364. The smallest absolute Gasteiger partial charge is 0.303 e. The Hall–Kier alpha value is -3.80. The molecule has 0 saturated carbocycles. The van der Waals surface area contributed by atoms with E-state index in [2.05, 4.69) is 15.6 Å². The topological polar surface area (TPSA) is 189 Å². The van der Waals surface area contributed by atoms with Crippen LogP contribution in [0.4, 0.5) is 0 Å². The van der Waals surface area contributed by atoms with Crippen LogP contribution in [0.15, 0.2) is 35.8 Å². The predicted octanol–water partition coefficient (Wildman–Crippen LogP) is 0.927. The van der Waals surface area contributed by atoms with E-state index in [9.17, 15) is 24.0 Å². The highest BCUT2D eigenvalue weighted by Gasteiger charge is 2.26. The number of rotatable bonds is 14. The van der Waals surface area contributed by atoms with Crippen LogP contribution in [-0.2, 0) is 30.4 Å². The average molecular weight is 491 g/mol. The number of benzene rings is 1. The minimum absolute atomic E-state index is 0.0473. The van der Waals surface area contributed by atoms with Crippen molar-refractivity contribution in [3.8, 4) is 10.6 Å². The van der Waals surface area contributed by atoms with Gasteiger partial charge in [-0.3, -0.25) is 24.0 Å². The molecule has 34 heavy (non-hydrogen) atoms. The lowest BCUT2D eigenvalue weighted by molar-refractivity contribution is -0.139. The first-order chi connectivity index (χ1) is 16.2. The molecule has 182 valence electrons. The van der Waals surface area contributed by atoms with E-state index in [4.69, 9.17) is 15.9 Å². The van der Waals surface area contributed by atoms with E-state index >= 15 is 0 Å². The van der Waals surface area contributed by atoms with Crippen LogP contribution < -0.4 is 16.4 Å². The summed E-state index contributed by atoms with van der Waals surface area (Å²) in [7, 11) is 0. The van der Waals surface area contributed by atoms with Gasteiger partial charge in [0, 0.05) is 36.4 Å². The highest BCUT2D eigenvalue weighted by atomic mass is 32.1. The van der Waals surface area contributed by atoms with Crippen molar-refractivity contribution < 1.29 is 34.2 Å². The molecule has 2 rings (SSSR count). The summed E-state index contributed by atoms with van der Waals surface area (Å²) in [5, 5.41) is 25.3. The molecular formula is C22H26N4O7S. The molecule has 11 nitrogen and oxygen atoms in total. The third-order valence-electron chi connectivity index (χ3n) is 4.88. The third-order valence-corrected chi connectivity index (χ3v) is 5.70. The maximum absolute atomic E-state index is 12.6. The van der Waals surface area contributed by atoms with Gasteiger partial charge in [-0.05, 0) is 24.8 Å². The summed E-state index contributed by atoms with van der Waals surface area (Å²) < 4.78 is 0. The first-order valence-electron chi connectivity index (χ1n) is 10.5. The van der Waals surface area contributed by atoms with Gasteiger partial charge < -0.3 is 26.6 Å². The van der Waals surface area contributed by atoms with Crippen molar-refractivity contribution in [3.05, 3.63) is 41.4 Å². The largest absolute Gasteiger partial charge is 0.481 e. The van der Waals surface area contributed by atoms with Crippen LogP contribution in [0.3, 0.4) is 0 Å². The Labute approximate surface area is 199 Å². The maximum atomic E-state index is 12.6. The molecule has 0 radical (unpaired) electrons. The van der Waals surface area contributed by atoms with E-state index in [-0.39, 0.29) is 19.3 Å². The fourth-order valence-electron chi connectivity index (χ4n) is 3.07. The molecule has 0 bridgehead atoms. The van der Waals surface area contributed by atoms with Crippen molar-refractivity contribution in [3.63, 3.8) is 0 Å². The third kappa shape index (κ3) is 8.98. The number of carboxylic acid groups (broad SMARTS) is 2. The minimum atomic E-state index is -1.26. The Morgan fingerprint density at radius 2 is 1.53 bits per heavy atom. The van der Waals surface area contributed by atoms with Gasteiger partial charge in [0.25, 0.3) is 0 Å². The minimum Gasteiger partial charge on any atom is -0.481 e. The van der Waals surface area contributed by atoms with Gasteiger partial charge in [-0.2, -0.15) is 0 Å². The van der Waals surface area contributed by atoms with Crippen molar-refractivity contribution >= 4 is 41.0 Å². The first-order valence-corrected chi connectivity index (χ1v) is 11.3. The molecule has 0 aliphatic rings. The summed E-state index contributed by atoms with van der Waals surface area (Å²) in [5.74, 6) is -4.55. The van der Waals surface area contributed by atoms with Crippen LogP contribution >= 0.6 is 11.3 Å². The Bertz CT molecular complexity index is 1010. The van der Waals surface area contributed by atoms with Crippen LogP contribution in [0, 0.1) is 0 Å². The number of carboxylic acids is 2. The highest BCUT2D eigenvalue weighted by molar-refractivity contribution is 7.13. The zero-order valence-corrected chi connectivity index (χ0v) is 19.0. The second-order valence-corrected chi connectivity index (χ2v) is 8.38. The Balaban J connectivity index is 1.95. The molecule has 0 spiro atoms. The van der Waals surface area contributed by atoms with Crippen molar-refractivity contribution in [1.29, 1.82) is 0 Å². The standard InChI is InChI=1S/C22H26N4O7S/c23-20(32)15(6-9-18(28)29)26-21(33)16(7-10-19(30)31)25-17(27)8-3-13-1-4-14(5-2-13)22-24-11-12-34-22/h1-2,4-5,11-12,15-16H,3,6-10H2,(H2,23,32)(H,25,27)(H,26,33)(H,28,29)(H,30,31). The summed E-state index contributed by atoms with van der Waals surface area (Å²) in [6.45, 7) is 0. The summed E-state index contributed by atoms with van der Waals surface area (Å²) in [6, 6.07) is 5.07. The van der Waals surface area contributed by atoms with Crippen molar-refractivity contribution in [2.75, 3.05) is 0 Å². The number of nitrogens with zero attached hydrogens (tertiary/aromatic N) is 1. The highest BCUT2D eigenvalue weighted by Crippen LogP contribution is 2.22. The van der Waals surface area contributed by atoms with E-state index in [1.54, 1.807) is 6.20 Å². The molecule has 0 saturated heterocycles. The lowest BCUT2D eigenvalue weighted by atomic mass is 10.1. The van der Waals surface area contributed by atoms with Gasteiger partial charge in [-0.1, -0.05) is 24.3 Å². The zero-order chi connectivity index (χ0) is 25.1. The van der Waals surface area contributed by atoms with Crippen molar-refractivity contribution in [1.82, 2.24) is 15.6 Å². The molecule has 6 N–H and O–H groups in total. The van der Waals surface area contributed by atoms with Gasteiger partial charge in [-0.25, -0.2) is 4.98 Å². The van der Waals surface area contributed by atoms with Crippen LogP contribution in [0.2, 0.25) is 0 Å². The lowest BCUT2D eigenvalue weighted by Gasteiger charge is -2.21. The van der Waals surface area contributed by atoms with Crippen LogP contribution in [0.25, 0.3) is 10.6 Å². The number of hydrogen-bond acceptors (Lipinski definition) is 7. The number of carbonyl (C=O) groups is 5. The van der Waals surface area contributed by atoms with E-state index in [1.807, 2.05) is 29.6 Å². The van der Waals surface area contributed by atoms with E-state index in [0.717, 1.165) is 16.1 Å². The summed E-state index contributed by atoms with van der Waals surface area (Å²) in [6.07, 6.45) is 0.916. The fourth-order valence-corrected chi connectivity index (χ4v) is 3.71. The Morgan fingerprint density at radius 1 is 0.912 bits per heavy atom. The Kier molecular flexibility index (Phi) is 10.1. The molecule has 3 amide bonds. The van der Waals surface area contributed by atoms with Gasteiger partial charge in [-0.15, -0.1) is 11.3 Å². The molecular weight excluding hydrogens is 464 g/mol. The molecule has 2 aromatic rings. The van der Waals surface area contributed by atoms with E-state index in [1.165, 1.54) is 11.3 Å². The average Bonchev–Trinajstić information content (AvgIpc) is 3.32. The molecule has 1 heterocycles. The molecule has 1 aromatic carbocycles. The molecule has 0 aliphatic heterocycles.